The number of rotatable bonds is 7. The van der Waals surface area contributed by atoms with E-state index in [2.05, 4.69) is 5.32 Å². The zero-order chi connectivity index (χ0) is 23.6. The number of sulfonamides is 1. The molecule has 1 N–H and O–H groups in total. The molecule has 0 heterocycles. The number of nitrogens with zero attached hydrogens (tertiary/aromatic N) is 1. The van der Waals surface area contributed by atoms with Gasteiger partial charge in [0.25, 0.3) is 0 Å². The molecule has 170 valence electrons. The summed E-state index contributed by atoms with van der Waals surface area (Å²) in [5, 5.41) is 2.35. The van der Waals surface area contributed by atoms with Gasteiger partial charge in [0, 0.05) is 12.1 Å². The molecular weight excluding hydrogens is 484 g/mol. The van der Waals surface area contributed by atoms with Gasteiger partial charge in [-0.1, -0.05) is 23.2 Å². The van der Waals surface area contributed by atoms with Crippen LogP contribution in [0.4, 0.5) is 24.5 Å². The normalized spacial score (nSPS) is 11.7. The number of hydrogen-bond donors (Lipinski definition) is 1. The predicted molar refractivity (Wildman–Crippen MR) is 112 cm³/mol. The van der Waals surface area contributed by atoms with Crippen LogP contribution in [0.2, 0.25) is 10.0 Å². The van der Waals surface area contributed by atoms with Crippen molar-refractivity contribution in [3.05, 3.63) is 45.9 Å². The summed E-state index contributed by atoms with van der Waals surface area (Å²) in [6, 6.07) is 4.89. The van der Waals surface area contributed by atoms with Crippen molar-refractivity contribution < 1.29 is 35.9 Å². The van der Waals surface area contributed by atoms with Gasteiger partial charge in [-0.05, 0) is 18.2 Å². The van der Waals surface area contributed by atoms with Gasteiger partial charge >= 0.3 is 6.18 Å². The summed E-state index contributed by atoms with van der Waals surface area (Å²) in [4.78, 5) is 12.6. The molecule has 1 amide bonds. The number of amides is 1. The highest BCUT2D eigenvalue weighted by Crippen LogP contribution is 2.37. The summed E-state index contributed by atoms with van der Waals surface area (Å²) in [7, 11) is -1.52. The third-order valence-electron chi connectivity index (χ3n) is 3.98. The van der Waals surface area contributed by atoms with E-state index in [1.807, 2.05) is 0 Å². The van der Waals surface area contributed by atoms with E-state index in [0.29, 0.717) is 16.4 Å². The van der Waals surface area contributed by atoms with E-state index in [4.69, 9.17) is 32.7 Å². The van der Waals surface area contributed by atoms with Crippen LogP contribution >= 0.6 is 23.2 Å². The van der Waals surface area contributed by atoms with Gasteiger partial charge in [-0.3, -0.25) is 9.10 Å². The molecule has 13 heteroatoms. The number of halogens is 5. The van der Waals surface area contributed by atoms with E-state index in [-0.39, 0.29) is 27.2 Å². The fourth-order valence-corrected chi connectivity index (χ4v) is 3.90. The Morgan fingerprint density at radius 1 is 1.06 bits per heavy atom. The Balaban J connectivity index is 2.41. The number of benzene rings is 2. The third kappa shape index (κ3) is 6.08. The van der Waals surface area contributed by atoms with Crippen LogP contribution in [-0.4, -0.2) is 41.3 Å². The molecule has 0 atom stereocenters. The van der Waals surface area contributed by atoms with E-state index in [1.165, 1.54) is 26.4 Å². The Kier molecular flexibility index (Phi) is 7.56. The summed E-state index contributed by atoms with van der Waals surface area (Å²) >= 11 is 11.9. The minimum Gasteiger partial charge on any atom is -0.495 e. The van der Waals surface area contributed by atoms with Crippen LogP contribution in [0, 0.1) is 0 Å². The number of anilines is 2. The zero-order valence-electron chi connectivity index (χ0n) is 16.4. The SMILES string of the molecule is COc1cc(NC(=O)CN(c2cc(C(F)(F)F)ccc2Cl)S(C)(=O)=O)c(OC)cc1Cl. The molecule has 2 aromatic rings. The Bertz CT molecular complexity index is 1090. The van der Waals surface area contributed by atoms with Gasteiger partial charge in [0.05, 0.1) is 47.5 Å². The fourth-order valence-electron chi connectivity index (χ4n) is 2.54. The number of alkyl halides is 3. The van der Waals surface area contributed by atoms with Crippen molar-refractivity contribution >= 4 is 50.5 Å². The Morgan fingerprint density at radius 3 is 2.19 bits per heavy atom. The number of carbonyl (C=O) groups is 1. The highest BCUT2D eigenvalue weighted by molar-refractivity contribution is 7.92. The van der Waals surface area contributed by atoms with Crippen LogP contribution in [0.1, 0.15) is 5.56 Å². The summed E-state index contributed by atoms with van der Waals surface area (Å²) in [5.41, 5.74) is -1.50. The van der Waals surface area contributed by atoms with Crippen LogP contribution in [0.5, 0.6) is 11.5 Å². The van der Waals surface area contributed by atoms with Crippen molar-refractivity contribution in [1.82, 2.24) is 0 Å². The van der Waals surface area contributed by atoms with Crippen molar-refractivity contribution in [2.45, 2.75) is 6.18 Å². The molecule has 7 nitrogen and oxygen atoms in total. The molecular formula is C18H17Cl2F3N2O5S. The van der Waals surface area contributed by atoms with Gasteiger partial charge in [0.1, 0.15) is 18.0 Å². The first kappa shape index (κ1) is 24.9. The molecule has 0 aliphatic heterocycles. The van der Waals surface area contributed by atoms with Crippen LogP contribution in [-0.2, 0) is 21.0 Å². The maximum Gasteiger partial charge on any atom is 0.416 e. The number of methoxy groups -OCH3 is 2. The van der Waals surface area contributed by atoms with Crippen LogP contribution < -0.4 is 19.1 Å². The highest BCUT2D eigenvalue weighted by atomic mass is 35.5. The van der Waals surface area contributed by atoms with Crippen LogP contribution in [0.25, 0.3) is 0 Å². The van der Waals surface area contributed by atoms with E-state index in [0.717, 1.165) is 12.3 Å². The molecule has 0 aliphatic rings. The van der Waals surface area contributed by atoms with Gasteiger partial charge in [0.2, 0.25) is 15.9 Å². The van der Waals surface area contributed by atoms with Gasteiger partial charge in [-0.15, -0.1) is 0 Å². The van der Waals surface area contributed by atoms with E-state index in [9.17, 15) is 26.4 Å². The number of ether oxygens (including phenoxy) is 2. The standard InChI is InChI=1S/C18H17Cl2F3N2O5S/c1-29-15-8-13(16(30-2)7-12(15)20)24-17(26)9-25(31(3,27)28)14-6-10(18(21,22)23)4-5-11(14)19/h4-8H,9H2,1-3H3,(H,24,26). The highest BCUT2D eigenvalue weighted by Gasteiger charge is 2.33. The lowest BCUT2D eigenvalue weighted by atomic mass is 10.2. The number of hydrogen-bond acceptors (Lipinski definition) is 5. The van der Waals surface area contributed by atoms with E-state index < -0.39 is 39.9 Å². The van der Waals surface area contributed by atoms with Crippen LogP contribution in [0.15, 0.2) is 30.3 Å². The van der Waals surface area contributed by atoms with Crippen LogP contribution in [0.3, 0.4) is 0 Å². The van der Waals surface area contributed by atoms with Gasteiger partial charge < -0.3 is 14.8 Å². The zero-order valence-corrected chi connectivity index (χ0v) is 18.7. The number of nitrogens with one attached hydrogen (secondary N) is 1. The lowest BCUT2D eigenvalue weighted by Gasteiger charge is -2.24. The minimum atomic E-state index is -4.74. The Labute approximate surface area is 186 Å². The molecule has 0 aliphatic carbocycles. The molecule has 0 aromatic heterocycles. The topological polar surface area (TPSA) is 84.9 Å². The van der Waals surface area contributed by atoms with Crippen molar-refractivity contribution in [3.8, 4) is 11.5 Å². The average Bonchev–Trinajstić information content (AvgIpc) is 2.66. The second-order valence-electron chi connectivity index (χ2n) is 6.17. The summed E-state index contributed by atoms with van der Waals surface area (Å²) in [5.74, 6) is -0.512. The maximum atomic E-state index is 13.1. The molecule has 0 bridgehead atoms. The van der Waals surface area contributed by atoms with Crippen molar-refractivity contribution in [3.63, 3.8) is 0 Å². The number of carbonyl (C=O) groups excluding carboxylic acids is 1. The van der Waals surface area contributed by atoms with Gasteiger partial charge in [-0.2, -0.15) is 13.2 Å². The van der Waals surface area contributed by atoms with E-state index in [1.54, 1.807) is 0 Å². The first-order chi connectivity index (χ1) is 14.3. The predicted octanol–water partition coefficient (Wildman–Crippen LogP) is 4.43. The fraction of sp³-hybridized carbons (Fsp3) is 0.278. The Morgan fingerprint density at radius 2 is 1.68 bits per heavy atom. The average molecular weight is 501 g/mol. The quantitative estimate of drug-likeness (QED) is 0.607. The second kappa shape index (κ2) is 9.41. The monoisotopic (exact) mass is 500 g/mol. The maximum absolute atomic E-state index is 13.1. The molecule has 0 saturated heterocycles. The van der Waals surface area contributed by atoms with Gasteiger partial charge in [-0.25, -0.2) is 8.42 Å². The van der Waals surface area contributed by atoms with E-state index >= 15 is 0 Å². The summed E-state index contributed by atoms with van der Waals surface area (Å²) in [6.07, 6.45) is -4.00. The van der Waals surface area contributed by atoms with Crippen molar-refractivity contribution in [2.24, 2.45) is 0 Å². The minimum absolute atomic E-state index is 0.109. The largest absolute Gasteiger partial charge is 0.495 e. The third-order valence-corrected chi connectivity index (χ3v) is 5.72. The molecule has 0 spiro atoms. The molecule has 31 heavy (non-hydrogen) atoms. The van der Waals surface area contributed by atoms with Crippen molar-refractivity contribution in [1.29, 1.82) is 0 Å². The first-order valence-corrected chi connectivity index (χ1v) is 10.9. The summed E-state index contributed by atoms with van der Waals surface area (Å²) in [6.45, 7) is -0.853. The Hall–Kier alpha value is -2.37. The van der Waals surface area contributed by atoms with Gasteiger partial charge in [0.15, 0.2) is 0 Å². The molecule has 2 rings (SSSR count). The molecule has 0 radical (unpaired) electrons. The lowest BCUT2D eigenvalue weighted by molar-refractivity contribution is -0.137. The smallest absolute Gasteiger partial charge is 0.416 e. The lowest BCUT2D eigenvalue weighted by Crippen LogP contribution is -2.37. The summed E-state index contributed by atoms with van der Waals surface area (Å²) < 4.78 is 74.4. The molecule has 0 fully saturated rings. The molecule has 2 aromatic carbocycles. The molecule has 0 saturated carbocycles. The first-order valence-electron chi connectivity index (χ1n) is 8.33. The second-order valence-corrected chi connectivity index (χ2v) is 8.89. The molecule has 0 unspecified atom stereocenters. The van der Waals surface area contributed by atoms with Crippen molar-refractivity contribution in [2.75, 3.05) is 36.6 Å².